The SMILES string of the molecule is C1=CN=CC(c2ccc(-c3cc(-c4cccc(-c5ccccc5)c4)nc(-c4ccc(-c5ccc6ccccc6c5)cc4)n3)cc2)C1. The average molecular weight is 590 g/mol. The lowest BCUT2D eigenvalue weighted by Crippen LogP contribution is -2.01. The van der Waals surface area contributed by atoms with Crippen LogP contribution in [0.3, 0.4) is 0 Å². The lowest BCUT2D eigenvalue weighted by molar-refractivity contribution is 0.909. The van der Waals surface area contributed by atoms with Gasteiger partial charge in [0.2, 0.25) is 0 Å². The second kappa shape index (κ2) is 12.2. The highest BCUT2D eigenvalue weighted by atomic mass is 14.9. The number of aromatic nitrogens is 2. The van der Waals surface area contributed by atoms with Gasteiger partial charge in [-0.05, 0) is 63.2 Å². The van der Waals surface area contributed by atoms with E-state index in [4.69, 9.17) is 9.97 Å². The van der Waals surface area contributed by atoms with E-state index >= 15 is 0 Å². The molecule has 1 aliphatic heterocycles. The van der Waals surface area contributed by atoms with Crippen molar-refractivity contribution < 1.29 is 0 Å². The fourth-order valence-corrected chi connectivity index (χ4v) is 6.15. The third-order valence-corrected chi connectivity index (χ3v) is 8.70. The number of hydrogen-bond acceptors (Lipinski definition) is 3. The van der Waals surface area contributed by atoms with Gasteiger partial charge < -0.3 is 0 Å². The van der Waals surface area contributed by atoms with Crippen LogP contribution in [0, 0.1) is 0 Å². The summed E-state index contributed by atoms with van der Waals surface area (Å²) in [5.41, 5.74) is 10.8. The number of allylic oxidation sites excluding steroid dienone is 1. The van der Waals surface area contributed by atoms with Crippen LogP contribution in [0.1, 0.15) is 17.9 Å². The molecular formula is C43H31N3. The molecule has 1 aliphatic rings. The Morgan fingerprint density at radius 3 is 1.83 bits per heavy atom. The van der Waals surface area contributed by atoms with Crippen molar-refractivity contribution >= 4 is 17.0 Å². The minimum Gasteiger partial charge on any atom is -0.269 e. The summed E-state index contributed by atoms with van der Waals surface area (Å²) in [5, 5.41) is 2.48. The van der Waals surface area contributed by atoms with Gasteiger partial charge in [0.25, 0.3) is 0 Å². The van der Waals surface area contributed by atoms with Gasteiger partial charge in [0.05, 0.1) is 11.4 Å². The van der Waals surface area contributed by atoms with E-state index in [2.05, 4.69) is 157 Å². The normalized spacial score (nSPS) is 14.0. The van der Waals surface area contributed by atoms with Gasteiger partial charge in [-0.2, -0.15) is 0 Å². The van der Waals surface area contributed by atoms with E-state index in [0.717, 1.165) is 45.6 Å². The molecule has 46 heavy (non-hydrogen) atoms. The Morgan fingerprint density at radius 1 is 0.435 bits per heavy atom. The molecular weight excluding hydrogens is 558 g/mol. The van der Waals surface area contributed by atoms with E-state index in [1.807, 2.05) is 18.5 Å². The molecule has 1 unspecified atom stereocenters. The largest absolute Gasteiger partial charge is 0.269 e. The molecule has 0 saturated heterocycles. The number of fused-ring (bicyclic) bond motifs is 1. The summed E-state index contributed by atoms with van der Waals surface area (Å²) in [4.78, 5) is 14.6. The molecule has 1 aromatic heterocycles. The fraction of sp³-hybridized carbons (Fsp3) is 0.0465. The van der Waals surface area contributed by atoms with Crippen LogP contribution in [0.15, 0.2) is 169 Å². The van der Waals surface area contributed by atoms with Crippen LogP contribution in [-0.4, -0.2) is 16.2 Å². The van der Waals surface area contributed by atoms with E-state index in [9.17, 15) is 0 Å². The van der Waals surface area contributed by atoms with Crippen molar-refractivity contribution in [2.45, 2.75) is 12.3 Å². The second-order valence-electron chi connectivity index (χ2n) is 11.7. The number of benzene rings is 6. The van der Waals surface area contributed by atoms with Crippen LogP contribution in [0.25, 0.3) is 66.9 Å². The molecule has 0 N–H and O–H groups in total. The van der Waals surface area contributed by atoms with Gasteiger partial charge in [0.15, 0.2) is 5.82 Å². The van der Waals surface area contributed by atoms with Crippen molar-refractivity contribution in [2.75, 3.05) is 0 Å². The number of rotatable bonds is 6. The third kappa shape index (κ3) is 5.67. The standard InChI is InChI=1S/C43H31N3/c1-2-8-30(9-3-1)37-12-6-13-39(27-37)42-28-41(34-20-15-33(16-21-34)40-14-7-25-44-29-40)45-43(46-42)35-22-17-32(18-23-35)38-24-19-31-10-4-5-11-36(31)26-38/h1-13,15-29,40H,14H2. The Hall–Kier alpha value is -5.93. The first-order valence-electron chi connectivity index (χ1n) is 15.7. The maximum Gasteiger partial charge on any atom is 0.160 e. The molecule has 0 spiro atoms. The minimum absolute atomic E-state index is 0.303. The minimum atomic E-state index is 0.303. The van der Waals surface area contributed by atoms with Gasteiger partial charge in [-0.3, -0.25) is 4.99 Å². The summed E-state index contributed by atoms with van der Waals surface area (Å²) in [6.45, 7) is 0. The topological polar surface area (TPSA) is 38.1 Å². The lowest BCUT2D eigenvalue weighted by Gasteiger charge is -2.14. The Morgan fingerprint density at radius 2 is 1.04 bits per heavy atom. The fourth-order valence-electron chi connectivity index (χ4n) is 6.15. The Bertz CT molecular complexity index is 2210. The van der Waals surface area contributed by atoms with Crippen LogP contribution in [-0.2, 0) is 0 Å². The maximum absolute atomic E-state index is 5.13. The summed E-state index contributed by atoms with van der Waals surface area (Å²) in [6, 6.07) is 53.6. The summed E-state index contributed by atoms with van der Waals surface area (Å²) >= 11 is 0. The Balaban J connectivity index is 1.19. The van der Waals surface area contributed by atoms with Crippen LogP contribution < -0.4 is 0 Å². The molecule has 0 amide bonds. The average Bonchev–Trinajstić information content (AvgIpc) is 3.15. The smallest absolute Gasteiger partial charge is 0.160 e. The molecule has 0 aliphatic carbocycles. The molecule has 0 radical (unpaired) electrons. The molecule has 2 heterocycles. The molecule has 3 heteroatoms. The first-order chi connectivity index (χ1) is 22.8. The zero-order valence-electron chi connectivity index (χ0n) is 25.3. The van der Waals surface area contributed by atoms with Crippen molar-refractivity contribution in [3.8, 4) is 56.2 Å². The molecule has 7 aromatic rings. The van der Waals surface area contributed by atoms with E-state index in [-0.39, 0.29) is 0 Å². The van der Waals surface area contributed by atoms with E-state index in [0.29, 0.717) is 11.7 Å². The lowest BCUT2D eigenvalue weighted by atomic mass is 9.94. The first-order valence-corrected chi connectivity index (χ1v) is 15.7. The van der Waals surface area contributed by atoms with Crippen molar-refractivity contribution in [2.24, 2.45) is 4.99 Å². The number of hydrogen-bond donors (Lipinski definition) is 0. The molecule has 1 atom stereocenters. The molecule has 6 aromatic carbocycles. The van der Waals surface area contributed by atoms with E-state index in [1.54, 1.807) is 0 Å². The quantitative estimate of drug-likeness (QED) is 0.193. The molecule has 218 valence electrons. The maximum atomic E-state index is 5.13. The monoisotopic (exact) mass is 589 g/mol. The van der Waals surface area contributed by atoms with Crippen LogP contribution >= 0.6 is 0 Å². The van der Waals surface area contributed by atoms with Gasteiger partial charge in [-0.25, -0.2) is 9.97 Å². The zero-order chi connectivity index (χ0) is 30.7. The van der Waals surface area contributed by atoms with Crippen LogP contribution in [0.4, 0.5) is 0 Å². The first kappa shape index (κ1) is 27.6. The summed E-state index contributed by atoms with van der Waals surface area (Å²) in [6.07, 6.45) is 6.99. The van der Waals surface area contributed by atoms with Gasteiger partial charge in [-0.1, -0.05) is 140 Å². The van der Waals surface area contributed by atoms with E-state index in [1.165, 1.54) is 27.5 Å². The molecule has 0 bridgehead atoms. The van der Waals surface area contributed by atoms with Gasteiger partial charge in [-0.15, -0.1) is 0 Å². The summed E-state index contributed by atoms with van der Waals surface area (Å²) in [7, 11) is 0. The third-order valence-electron chi connectivity index (χ3n) is 8.70. The van der Waals surface area contributed by atoms with Crippen molar-refractivity contribution in [3.05, 3.63) is 169 Å². The molecule has 0 fully saturated rings. The highest BCUT2D eigenvalue weighted by Gasteiger charge is 2.14. The number of nitrogens with zero attached hydrogens (tertiary/aromatic N) is 3. The number of aliphatic imine (C=N–C) groups is 1. The highest BCUT2D eigenvalue weighted by molar-refractivity contribution is 5.87. The van der Waals surface area contributed by atoms with Gasteiger partial charge in [0.1, 0.15) is 0 Å². The highest BCUT2D eigenvalue weighted by Crippen LogP contribution is 2.32. The van der Waals surface area contributed by atoms with Crippen LogP contribution in [0.5, 0.6) is 0 Å². The second-order valence-corrected chi connectivity index (χ2v) is 11.7. The van der Waals surface area contributed by atoms with Crippen molar-refractivity contribution in [1.82, 2.24) is 9.97 Å². The predicted octanol–water partition coefficient (Wildman–Crippen LogP) is 11.0. The van der Waals surface area contributed by atoms with E-state index < -0.39 is 0 Å². The summed E-state index contributed by atoms with van der Waals surface area (Å²) in [5.74, 6) is 1.01. The van der Waals surface area contributed by atoms with Crippen molar-refractivity contribution in [3.63, 3.8) is 0 Å². The van der Waals surface area contributed by atoms with Crippen LogP contribution in [0.2, 0.25) is 0 Å². The summed E-state index contributed by atoms with van der Waals surface area (Å²) < 4.78 is 0. The predicted molar refractivity (Wildman–Crippen MR) is 192 cm³/mol. The zero-order valence-corrected chi connectivity index (χ0v) is 25.3. The van der Waals surface area contributed by atoms with Crippen molar-refractivity contribution in [1.29, 1.82) is 0 Å². The molecule has 3 nitrogen and oxygen atoms in total. The molecule has 0 saturated carbocycles. The Kier molecular flexibility index (Phi) is 7.33. The molecule has 8 rings (SSSR count). The van der Waals surface area contributed by atoms with Gasteiger partial charge >= 0.3 is 0 Å². The Labute approximate surface area is 269 Å². The van der Waals surface area contributed by atoms with Gasteiger partial charge in [0, 0.05) is 35.0 Å².